The summed E-state index contributed by atoms with van der Waals surface area (Å²) in [6, 6.07) is 13.5. The molecule has 2 atom stereocenters. The summed E-state index contributed by atoms with van der Waals surface area (Å²) in [4.78, 5) is 41.4. The molecule has 1 fully saturated rings. The van der Waals surface area contributed by atoms with Gasteiger partial charge in [0.05, 0.1) is 12.6 Å². The zero-order valence-electron chi connectivity index (χ0n) is 21.7. The molecule has 1 aliphatic rings. The van der Waals surface area contributed by atoms with E-state index >= 15 is 0 Å². The smallest absolute Gasteiger partial charge is 0.343 e. The first-order valence-electron chi connectivity index (χ1n) is 12.6. The van der Waals surface area contributed by atoms with Gasteiger partial charge in [-0.25, -0.2) is 9.86 Å². The number of hydrogen-bond donors (Lipinski definition) is 4. The molecule has 0 saturated carbocycles. The van der Waals surface area contributed by atoms with E-state index in [-0.39, 0.29) is 13.1 Å². The zero-order chi connectivity index (χ0) is 26.9. The minimum Gasteiger partial charge on any atom is -0.391 e. The molecule has 0 aromatic heterocycles. The Labute approximate surface area is 217 Å². The highest BCUT2D eigenvalue weighted by molar-refractivity contribution is 5.98. The second-order valence-electron chi connectivity index (χ2n) is 9.31. The van der Waals surface area contributed by atoms with E-state index in [4.69, 9.17) is 0 Å². The van der Waals surface area contributed by atoms with Gasteiger partial charge < -0.3 is 25.5 Å². The lowest BCUT2D eigenvalue weighted by Gasteiger charge is -2.34. The molecule has 0 unspecified atom stereocenters. The highest BCUT2D eigenvalue weighted by atomic mass is 16.5. The van der Waals surface area contributed by atoms with Crippen LogP contribution >= 0.6 is 0 Å². The van der Waals surface area contributed by atoms with Crippen LogP contribution in [0.4, 0.5) is 4.79 Å². The molecular formula is C27H37N5O5. The third-order valence-electron chi connectivity index (χ3n) is 6.51. The molecule has 0 aliphatic carbocycles. The van der Waals surface area contributed by atoms with Crippen molar-refractivity contribution in [1.29, 1.82) is 0 Å². The summed E-state index contributed by atoms with van der Waals surface area (Å²) in [5, 5.41) is 25.9. The van der Waals surface area contributed by atoms with Crippen molar-refractivity contribution in [2.24, 2.45) is 0 Å². The van der Waals surface area contributed by atoms with Gasteiger partial charge in [-0.3, -0.25) is 14.8 Å². The third kappa shape index (κ3) is 7.75. The molecule has 2 aromatic rings. The van der Waals surface area contributed by atoms with Gasteiger partial charge >= 0.3 is 6.03 Å². The monoisotopic (exact) mass is 511 g/mol. The topological polar surface area (TPSA) is 125 Å². The molecule has 3 rings (SSSR count). The standard InChI is InChI=1S/C27H37N5O5/c1-4-20-5-7-21(8-6-20)22-9-11-23(12-10-22)25(34)29-24(19(2)33)26(35)28-13-14-32(37)27(36)31-17-15-30(3)16-18-31/h5-12,19,24,33,37H,4,13-18H2,1-3H3,(H,28,35)(H,29,34)/t19-,24+/m1/s1. The fraction of sp³-hybridized carbons (Fsp3) is 0.444. The third-order valence-corrected chi connectivity index (χ3v) is 6.51. The maximum absolute atomic E-state index is 12.8. The molecule has 10 nitrogen and oxygen atoms in total. The molecule has 1 saturated heterocycles. The van der Waals surface area contributed by atoms with Crippen molar-refractivity contribution in [3.8, 4) is 11.1 Å². The van der Waals surface area contributed by atoms with E-state index in [1.54, 1.807) is 17.0 Å². The number of hydroxylamine groups is 2. The summed E-state index contributed by atoms with van der Waals surface area (Å²) >= 11 is 0. The van der Waals surface area contributed by atoms with E-state index < -0.39 is 30.0 Å². The normalized spacial score (nSPS) is 15.5. The molecule has 4 N–H and O–H groups in total. The molecule has 200 valence electrons. The van der Waals surface area contributed by atoms with Gasteiger partial charge in [0.25, 0.3) is 5.91 Å². The predicted molar refractivity (Wildman–Crippen MR) is 140 cm³/mol. The molecule has 0 spiro atoms. The number of aliphatic hydroxyl groups excluding tert-OH is 1. The largest absolute Gasteiger partial charge is 0.391 e. The number of aryl methyl sites for hydroxylation is 1. The lowest BCUT2D eigenvalue weighted by atomic mass is 10.0. The van der Waals surface area contributed by atoms with Gasteiger partial charge in [0, 0.05) is 38.3 Å². The first-order valence-corrected chi connectivity index (χ1v) is 12.6. The van der Waals surface area contributed by atoms with Crippen LogP contribution in [0.3, 0.4) is 0 Å². The van der Waals surface area contributed by atoms with Crippen LogP contribution in [0, 0.1) is 0 Å². The van der Waals surface area contributed by atoms with Gasteiger partial charge in [-0.1, -0.05) is 43.3 Å². The SMILES string of the molecule is CCc1ccc(-c2ccc(C(=O)N[C@H](C(=O)NCCN(O)C(=O)N3CCN(C)CC3)[C@@H](C)O)cc2)cc1. The Morgan fingerprint density at radius 2 is 1.54 bits per heavy atom. The number of amides is 4. The van der Waals surface area contributed by atoms with Crippen molar-refractivity contribution < 1.29 is 24.7 Å². The van der Waals surface area contributed by atoms with E-state index in [9.17, 15) is 24.7 Å². The Kier molecular flexibility index (Phi) is 10.0. The van der Waals surface area contributed by atoms with Crippen LogP contribution in [-0.2, 0) is 11.2 Å². The Morgan fingerprint density at radius 1 is 0.973 bits per heavy atom. The predicted octanol–water partition coefficient (Wildman–Crippen LogP) is 1.57. The van der Waals surface area contributed by atoms with Gasteiger partial charge in [-0.05, 0) is 49.2 Å². The number of piperazine rings is 1. The second kappa shape index (κ2) is 13.2. The van der Waals surface area contributed by atoms with E-state index in [1.807, 2.05) is 31.3 Å². The van der Waals surface area contributed by atoms with E-state index in [0.29, 0.717) is 23.7 Å². The van der Waals surface area contributed by atoms with Gasteiger partial charge in [-0.2, -0.15) is 0 Å². The maximum atomic E-state index is 12.8. The molecule has 4 amide bonds. The number of urea groups is 1. The number of nitrogens with one attached hydrogen (secondary N) is 2. The lowest BCUT2D eigenvalue weighted by molar-refractivity contribution is -0.125. The number of carbonyl (C=O) groups is 3. The van der Waals surface area contributed by atoms with Crippen molar-refractivity contribution in [1.82, 2.24) is 25.5 Å². The fourth-order valence-electron chi connectivity index (χ4n) is 4.03. The fourth-order valence-corrected chi connectivity index (χ4v) is 4.03. The summed E-state index contributed by atoms with van der Waals surface area (Å²) in [7, 11) is 1.97. The van der Waals surface area contributed by atoms with Crippen LogP contribution in [-0.4, -0.2) is 101 Å². The van der Waals surface area contributed by atoms with Gasteiger partial charge in [-0.15, -0.1) is 0 Å². The molecule has 0 radical (unpaired) electrons. The quantitative estimate of drug-likeness (QED) is 0.299. The average Bonchev–Trinajstić information content (AvgIpc) is 2.91. The van der Waals surface area contributed by atoms with Gasteiger partial charge in [0.1, 0.15) is 6.04 Å². The van der Waals surface area contributed by atoms with Crippen LogP contribution in [0.1, 0.15) is 29.8 Å². The van der Waals surface area contributed by atoms with E-state index in [1.165, 1.54) is 12.5 Å². The van der Waals surface area contributed by atoms with Crippen molar-refractivity contribution in [3.63, 3.8) is 0 Å². The van der Waals surface area contributed by atoms with Crippen molar-refractivity contribution in [2.75, 3.05) is 46.3 Å². The zero-order valence-corrected chi connectivity index (χ0v) is 21.7. The lowest BCUT2D eigenvalue weighted by Crippen LogP contribution is -2.54. The van der Waals surface area contributed by atoms with Gasteiger partial charge in [0.15, 0.2) is 0 Å². The molecular weight excluding hydrogens is 474 g/mol. The summed E-state index contributed by atoms with van der Waals surface area (Å²) in [6.45, 7) is 5.81. The summed E-state index contributed by atoms with van der Waals surface area (Å²) < 4.78 is 0. The molecule has 10 heteroatoms. The number of benzene rings is 2. The van der Waals surface area contributed by atoms with Crippen LogP contribution in [0.25, 0.3) is 11.1 Å². The summed E-state index contributed by atoms with van der Waals surface area (Å²) in [5.74, 6) is -1.11. The number of carbonyl (C=O) groups excluding carboxylic acids is 3. The molecule has 37 heavy (non-hydrogen) atoms. The summed E-state index contributed by atoms with van der Waals surface area (Å²) in [6.07, 6.45) is -0.192. The number of rotatable bonds is 9. The summed E-state index contributed by atoms with van der Waals surface area (Å²) in [5.41, 5.74) is 3.60. The van der Waals surface area contributed by atoms with Crippen LogP contribution in [0.15, 0.2) is 48.5 Å². The number of hydrogen-bond acceptors (Lipinski definition) is 6. The average molecular weight is 512 g/mol. The minimum atomic E-state index is -1.20. The van der Waals surface area contributed by atoms with Crippen LogP contribution in [0.5, 0.6) is 0 Å². The first-order chi connectivity index (χ1) is 17.7. The Bertz CT molecular complexity index is 1050. The van der Waals surface area contributed by atoms with Crippen LogP contribution in [0.2, 0.25) is 0 Å². The highest BCUT2D eigenvalue weighted by Gasteiger charge is 2.27. The first kappa shape index (κ1) is 28.1. The van der Waals surface area contributed by atoms with Gasteiger partial charge in [0.2, 0.25) is 5.91 Å². The maximum Gasteiger partial charge on any atom is 0.343 e. The molecule has 2 aromatic carbocycles. The van der Waals surface area contributed by atoms with Crippen molar-refractivity contribution >= 4 is 17.8 Å². The molecule has 1 aliphatic heterocycles. The Balaban J connectivity index is 1.51. The van der Waals surface area contributed by atoms with Crippen molar-refractivity contribution in [3.05, 3.63) is 59.7 Å². The molecule has 0 bridgehead atoms. The second-order valence-corrected chi connectivity index (χ2v) is 9.31. The van der Waals surface area contributed by atoms with E-state index in [0.717, 1.165) is 30.6 Å². The highest BCUT2D eigenvalue weighted by Crippen LogP contribution is 2.20. The molecule has 1 heterocycles. The van der Waals surface area contributed by atoms with Crippen molar-refractivity contribution in [2.45, 2.75) is 32.4 Å². The van der Waals surface area contributed by atoms with Crippen LogP contribution < -0.4 is 10.6 Å². The number of likely N-dealkylation sites (N-methyl/N-ethyl adjacent to an activating group) is 1. The Morgan fingerprint density at radius 3 is 2.08 bits per heavy atom. The Hall–Kier alpha value is -3.47. The number of nitrogens with zero attached hydrogens (tertiary/aromatic N) is 3. The van der Waals surface area contributed by atoms with E-state index in [2.05, 4.69) is 34.6 Å². The number of aliphatic hydroxyl groups is 1. The minimum absolute atomic E-state index is 0.0422.